The molecule has 1 aromatic rings. The number of ether oxygens (including phenoxy) is 1. The van der Waals surface area contributed by atoms with Crippen molar-refractivity contribution in [2.45, 2.75) is 90.9 Å². The molecule has 172 valence electrons. The third-order valence-corrected chi connectivity index (χ3v) is 8.70. The van der Waals surface area contributed by atoms with E-state index in [4.69, 9.17) is 4.74 Å². The zero-order chi connectivity index (χ0) is 22.0. The molecular formula is C27H38F2O2. The number of hydrogen-bond acceptors (Lipinski definition) is 2. The molecule has 4 atom stereocenters. The zero-order valence-electron chi connectivity index (χ0n) is 19.2. The Balaban J connectivity index is 1.35. The molecule has 0 saturated heterocycles. The highest BCUT2D eigenvalue weighted by molar-refractivity contribution is 5.75. The standard InChI is InChI=1S/C27H38F2O2/c1-3-5-18-9-11-19(12-10-18)20-13-14-22-21(16-20)6-4-7-23(22)27(30)31-24-15-8-17(2)25(28)26(24)29/h8,15,18-23H,3-7,9-14,16H2,1-2H3. The Morgan fingerprint density at radius 1 is 0.935 bits per heavy atom. The van der Waals surface area contributed by atoms with Crippen LogP contribution in [0.3, 0.4) is 0 Å². The smallest absolute Gasteiger partial charge is 0.314 e. The fraction of sp³-hybridized carbons (Fsp3) is 0.741. The van der Waals surface area contributed by atoms with Crippen molar-refractivity contribution in [1.82, 2.24) is 0 Å². The van der Waals surface area contributed by atoms with Gasteiger partial charge in [-0.15, -0.1) is 0 Å². The van der Waals surface area contributed by atoms with Crippen LogP contribution in [0.1, 0.15) is 89.5 Å². The van der Waals surface area contributed by atoms with Gasteiger partial charge >= 0.3 is 5.97 Å². The minimum atomic E-state index is -1.05. The summed E-state index contributed by atoms with van der Waals surface area (Å²) in [5, 5.41) is 0. The van der Waals surface area contributed by atoms with Gasteiger partial charge in [0, 0.05) is 0 Å². The van der Waals surface area contributed by atoms with Crippen molar-refractivity contribution in [3.63, 3.8) is 0 Å². The molecule has 1 aromatic carbocycles. The Morgan fingerprint density at radius 2 is 1.68 bits per heavy atom. The van der Waals surface area contributed by atoms with Crippen molar-refractivity contribution in [3.8, 4) is 5.75 Å². The lowest BCUT2D eigenvalue weighted by Crippen LogP contribution is -2.40. The van der Waals surface area contributed by atoms with Gasteiger partial charge in [0.1, 0.15) is 0 Å². The van der Waals surface area contributed by atoms with Gasteiger partial charge in [-0.25, -0.2) is 4.39 Å². The van der Waals surface area contributed by atoms with E-state index in [-0.39, 0.29) is 23.2 Å². The van der Waals surface area contributed by atoms with Crippen molar-refractivity contribution in [3.05, 3.63) is 29.3 Å². The number of fused-ring (bicyclic) bond motifs is 1. The summed E-state index contributed by atoms with van der Waals surface area (Å²) in [7, 11) is 0. The molecule has 31 heavy (non-hydrogen) atoms. The number of hydrogen-bond donors (Lipinski definition) is 0. The molecule has 0 N–H and O–H groups in total. The predicted octanol–water partition coefficient (Wildman–Crippen LogP) is 7.62. The molecular weight excluding hydrogens is 394 g/mol. The first-order valence-corrected chi connectivity index (χ1v) is 12.6. The molecule has 0 radical (unpaired) electrons. The molecule has 0 heterocycles. The van der Waals surface area contributed by atoms with E-state index in [0.29, 0.717) is 11.8 Å². The number of rotatable bonds is 5. The highest BCUT2D eigenvalue weighted by atomic mass is 19.2. The first-order valence-electron chi connectivity index (χ1n) is 12.6. The van der Waals surface area contributed by atoms with Crippen molar-refractivity contribution in [2.75, 3.05) is 0 Å². The van der Waals surface area contributed by atoms with Gasteiger partial charge in [0.15, 0.2) is 11.6 Å². The summed E-state index contributed by atoms with van der Waals surface area (Å²) >= 11 is 0. The van der Waals surface area contributed by atoms with Crippen LogP contribution in [0.4, 0.5) is 8.78 Å². The number of carbonyl (C=O) groups excluding carboxylic acids is 1. The van der Waals surface area contributed by atoms with Crippen LogP contribution in [0, 0.1) is 54.1 Å². The van der Waals surface area contributed by atoms with E-state index in [0.717, 1.165) is 37.0 Å². The Hall–Kier alpha value is -1.45. The number of halogens is 2. The van der Waals surface area contributed by atoms with E-state index >= 15 is 0 Å². The van der Waals surface area contributed by atoms with Crippen molar-refractivity contribution in [1.29, 1.82) is 0 Å². The van der Waals surface area contributed by atoms with Gasteiger partial charge in [0.05, 0.1) is 5.92 Å². The molecule has 4 heteroatoms. The first kappa shape index (κ1) is 22.7. The van der Waals surface area contributed by atoms with Gasteiger partial charge in [-0.2, -0.15) is 4.39 Å². The van der Waals surface area contributed by atoms with Crippen molar-refractivity contribution < 1.29 is 18.3 Å². The molecule has 3 fully saturated rings. The number of carbonyl (C=O) groups is 1. The molecule has 4 rings (SSSR count). The Labute approximate surface area is 186 Å². The zero-order valence-corrected chi connectivity index (χ0v) is 19.2. The van der Waals surface area contributed by atoms with Gasteiger partial charge in [-0.1, -0.05) is 51.5 Å². The van der Waals surface area contributed by atoms with Crippen LogP contribution in [0.15, 0.2) is 12.1 Å². The minimum Gasteiger partial charge on any atom is -0.423 e. The van der Waals surface area contributed by atoms with Crippen LogP contribution in [0.5, 0.6) is 5.75 Å². The lowest BCUT2D eigenvalue weighted by atomic mass is 9.59. The second-order valence-corrected chi connectivity index (χ2v) is 10.5. The Kier molecular flexibility index (Phi) is 7.33. The summed E-state index contributed by atoms with van der Waals surface area (Å²) in [6.07, 6.45) is 14.8. The van der Waals surface area contributed by atoms with E-state index in [2.05, 4.69) is 6.92 Å². The van der Waals surface area contributed by atoms with Crippen LogP contribution < -0.4 is 4.74 Å². The summed E-state index contributed by atoms with van der Waals surface area (Å²) in [6.45, 7) is 3.80. The maximum absolute atomic E-state index is 14.2. The molecule has 3 aliphatic rings. The summed E-state index contributed by atoms with van der Waals surface area (Å²) < 4.78 is 33.5. The van der Waals surface area contributed by atoms with Crippen molar-refractivity contribution >= 4 is 5.97 Å². The SMILES string of the molecule is CCCC1CCC(C2CCC3C(CCCC3C(=O)Oc3ccc(C)c(F)c3F)C2)CC1. The average Bonchev–Trinajstić information content (AvgIpc) is 2.79. The molecule has 3 aliphatic carbocycles. The van der Waals surface area contributed by atoms with Crippen LogP contribution in [-0.2, 0) is 4.79 Å². The highest BCUT2D eigenvalue weighted by Crippen LogP contribution is 2.50. The fourth-order valence-electron chi connectivity index (χ4n) is 6.97. The Bertz CT molecular complexity index is 769. The van der Waals surface area contributed by atoms with Crippen molar-refractivity contribution in [2.24, 2.45) is 35.5 Å². The summed E-state index contributed by atoms with van der Waals surface area (Å²) in [5.74, 6) is 0.743. The van der Waals surface area contributed by atoms with E-state index < -0.39 is 11.6 Å². The lowest BCUT2D eigenvalue weighted by Gasteiger charge is -2.46. The molecule has 0 amide bonds. The molecule has 3 saturated carbocycles. The molecule has 0 bridgehead atoms. The Morgan fingerprint density at radius 3 is 2.42 bits per heavy atom. The summed E-state index contributed by atoms with van der Waals surface area (Å²) in [5.41, 5.74) is 0.220. The van der Waals surface area contributed by atoms with E-state index in [1.807, 2.05) is 0 Å². The third-order valence-electron chi connectivity index (χ3n) is 8.70. The molecule has 2 nitrogen and oxygen atoms in total. The maximum Gasteiger partial charge on any atom is 0.314 e. The quantitative estimate of drug-likeness (QED) is 0.353. The largest absolute Gasteiger partial charge is 0.423 e. The average molecular weight is 433 g/mol. The second-order valence-electron chi connectivity index (χ2n) is 10.5. The molecule has 0 spiro atoms. The topological polar surface area (TPSA) is 26.3 Å². The monoisotopic (exact) mass is 432 g/mol. The number of aryl methyl sites for hydroxylation is 1. The van der Waals surface area contributed by atoms with E-state index in [1.54, 1.807) is 0 Å². The van der Waals surface area contributed by atoms with Crippen LogP contribution >= 0.6 is 0 Å². The van der Waals surface area contributed by atoms with Gasteiger partial charge in [0.25, 0.3) is 0 Å². The molecule has 0 aromatic heterocycles. The number of benzene rings is 1. The fourth-order valence-corrected chi connectivity index (χ4v) is 6.97. The van der Waals surface area contributed by atoms with Gasteiger partial charge in [-0.3, -0.25) is 4.79 Å². The normalized spacial score (nSPS) is 33.5. The predicted molar refractivity (Wildman–Crippen MR) is 119 cm³/mol. The second kappa shape index (κ2) is 10.0. The highest BCUT2D eigenvalue weighted by Gasteiger charge is 2.43. The number of esters is 1. The van der Waals surface area contributed by atoms with Gasteiger partial charge in [-0.05, 0) is 86.7 Å². The van der Waals surface area contributed by atoms with Crippen LogP contribution in [0.25, 0.3) is 0 Å². The van der Waals surface area contributed by atoms with Gasteiger partial charge < -0.3 is 4.74 Å². The lowest BCUT2D eigenvalue weighted by molar-refractivity contribution is -0.144. The first-order chi connectivity index (χ1) is 15.0. The van der Waals surface area contributed by atoms with Gasteiger partial charge in [0.2, 0.25) is 5.82 Å². The summed E-state index contributed by atoms with van der Waals surface area (Å²) in [4.78, 5) is 12.9. The minimum absolute atomic E-state index is 0.177. The van der Waals surface area contributed by atoms with E-state index in [1.165, 1.54) is 76.8 Å². The van der Waals surface area contributed by atoms with Crippen LogP contribution in [-0.4, -0.2) is 5.97 Å². The van der Waals surface area contributed by atoms with Crippen LogP contribution in [0.2, 0.25) is 0 Å². The third kappa shape index (κ3) is 4.98. The maximum atomic E-state index is 14.2. The molecule has 4 unspecified atom stereocenters. The van der Waals surface area contributed by atoms with E-state index in [9.17, 15) is 13.6 Å². The summed E-state index contributed by atoms with van der Waals surface area (Å²) in [6, 6.07) is 2.84. The molecule has 0 aliphatic heterocycles.